The van der Waals surface area contributed by atoms with Gasteiger partial charge in [-0.3, -0.25) is 4.90 Å². The summed E-state index contributed by atoms with van der Waals surface area (Å²) in [4.78, 5) is 6.18. The van der Waals surface area contributed by atoms with Crippen LogP contribution in [0.4, 0.5) is 5.69 Å². The Labute approximate surface area is 164 Å². The number of hydrogen-bond donors (Lipinski definition) is 0. The zero-order valence-electron chi connectivity index (χ0n) is 14.7. The molecule has 2 aliphatic rings. The monoisotopic (exact) mass is 390 g/mol. The molecule has 1 fully saturated rings. The second-order valence-electron chi connectivity index (χ2n) is 6.44. The highest BCUT2D eigenvalue weighted by molar-refractivity contribution is 7.99. The lowest BCUT2D eigenvalue weighted by Gasteiger charge is -2.37. The van der Waals surface area contributed by atoms with Crippen LogP contribution in [-0.4, -0.2) is 56.6 Å². The van der Waals surface area contributed by atoms with E-state index in [-0.39, 0.29) is 0 Å². The number of fused-ring (bicyclic) bond motifs is 1. The van der Waals surface area contributed by atoms with E-state index in [1.54, 1.807) is 0 Å². The van der Waals surface area contributed by atoms with Crippen LogP contribution >= 0.6 is 23.4 Å². The van der Waals surface area contributed by atoms with Crippen LogP contribution in [0.3, 0.4) is 0 Å². The summed E-state index contributed by atoms with van der Waals surface area (Å²) in [6.45, 7) is 6.53. The molecule has 0 atom stereocenters. The van der Waals surface area contributed by atoms with Crippen molar-refractivity contribution in [3.8, 4) is 11.5 Å². The summed E-state index contributed by atoms with van der Waals surface area (Å²) >= 11 is 7.92. The third-order valence-corrected chi connectivity index (χ3v) is 5.94. The number of piperazine rings is 1. The van der Waals surface area contributed by atoms with Crippen LogP contribution in [0.1, 0.15) is 0 Å². The van der Waals surface area contributed by atoms with Crippen LogP contribution in [-0.2, 0) is 0 Å². The van der Waals surface area contributed by atoms with Crippen LogP contribution < -0.4 is 14.4 Å². The van der Waals surface area contributed by atoms with E-state index in [0.717, 1.165) is 60.7 Å². The van der Waals surface area contributed by atoms with E-state index < -0.39 is 0 Å². The smallest absolute Gasteiger partial charge is 0.184 e. The average molecular weight is 391 g/mol. The van der Waals surface area contributed by atoms with Crippen LogP contribution in [0, 0.1) is 0 Å². The Balaban J connectivity index is 1.28. The van der Waals surface area contributed by atoms with Gasteiger partial charge in [0.15, 0.2) is 11.5 Å². The Hall–Kier alpha value is -1.56. The fourth-order valence-corrected chi connectivity index (χ4v) is 4.59. The number of benzene rings is 2. The van der Waals surface area contributed by atoms with Gasteiger partial charge in [-0.15, -0.1) is 11.8 Å². The Morgan fingerprint density at radius 1 is 0.962 bits per heavy atom. The minimum absolute atomic E-state index is 0.630. The molecule has 2 heterocycles. The molecule has 2 aromatic carbocycles. The normalized spacial score (nSPS) is 17.3. The highest BCUT2D eigenvalue weighted by Crippen LogP contribution is 2.39. The number of anilines is 1. The van der Waals surface area contributed by atoms with Gasteiger partial charge in [-0.1, -0.05) is 23.7 Å². The number of nitrogens with zero attached hydrogens (tertiary/aromatic N) is 2. The molecule has 0 N–H and O–H groups in total. The Morgan fingerprint density at radius 3 is 2.62 bits per heavy atom. The quantitative estimate of drug-likeness (QED) is 0.718. The molecule has 0 radical (unpaired) electrons. The Kier molecular flexibility index (Phi) is 5.78. The third kappa shape index (κ3) is 4.22. The minimum Gasteiger partial charge on any atom is -0.486 e. The van der Waals surface area contributed by atoms with Gasteiger partial charge in [0.2, 0.25) is 0 Å². The van der Waals surface area contributed by atoms with Crippen LogP contribution in [0.15, 0.2) is 47.4 Å². The molecule has 0 amide bonds. The molecular weight excluding hydrogens is 368 g/mol. The molecule has 138 valence electrons. The summed E-state index contributed by atoms with van der Waals surface area (Å²) in [5.74, 6) is 2.86. The summed E-state index contributed by atoms with van der Waals surface area (Å²) in [5.41, 5.74) is 1.16. The van der Waals surface area contributed by atoms with Gasteiger partial charge in [-0.25, -0.2) is 0 Å². The van der Waals surface area contributed by atoms with Gasteiger partial charge >= 0.3 is 0 Å². The van der Waals surface area contributed by atoms with Crippen molar-refractivity contribution in [1.82, 2.24) is 4.90 Å². The van der Waals surface area contributed by atoms with E-state index in [2.05, 4.69) is 28.0 Å². The lowest BCUT2D eigenvalue weighted by molar-refractivity contribution is 0.171. The molecule has 26 heavy (non-hydrogen) atoms. The van der Waals surface area contributed by atoms with Crippen molar-refractivity contribution in [2.45, 2.75) is 4.90 Å². The van der Waals surface area contributed by atoms with E-state index in [1.807, 2.05) is 36.0 Å². The molecule has 0 saturated carbocycles. The first-order valence-corrected chi connectivity index (χ1v) is 10.4. The van der Waals surface area contributed by atoms with E-state index in [1.165, 1.54) is 4.90 Å². The zero-order valence-corrected chi connectivity index (χ0v) is 16.3. The van der Waals surface area contributed by atoms with Gasteiger partial charge in [0.25, 0.3) is 0 Å². The van der Waals surface area contributed by atoms with Gasteiger partial charge in [-0.2, -0.15) is 0 Å². The molecule has 0 bridgehead atoms. The molecule has 4 rings (SSSR count). The van der Waals surface area contributed by atoms with Crippen molar-refractivity contribution in [3.63, 3.8) is 0 Å². The topological polar surface area (TPSA) is 24.9 Å². The summed E-state index contributed by atoms with van der Waals surface area (Å²) < 4.78 is 11.6. The van der Waals surface area contributed by atoms with Crippen molar-refractivity contribution in [1.29, 1.82) is 0 Å². The second kappa shape index (κ2) is 8.42. The number of thioether (sulfide) groups is 1. The van der Waals surface area contributed by atoms with Gasteiger partial charge in [-0.05, 0) is 30.3 Å². The maximum atomic E-state index is 6.05. The highest BCUT2D eigenvalue weighted by Gasteiger charge is 2.23. The van der Waals surface area contributed by atoms with Crippen molar-refractivity contribution in [3.05, 3.63) is 47.5 Å². The van der Waals surface area contributed by atoms with Gasteiger partial charge in [0.05, 0.1) is 5.69 Å². The fourth-order valence-electron chi connectivity index (χ4n) is 3.37. The third-order valence-electron chi connectivity index (χ3n) is 4.73. The molecule has 0 unspecified atom stereocenters. The number of para-hydroxylation sites is 1. The Bertz CT molecular complexity index is 750. The largest absolute Gasteiger partial charge is 0.486 e. The number of rotatable bonds is 5. The molecule has 6 heteroatoms. The predicted octanol–water partition coefficient (Wildman–Crippen LogP) is 4.03. The fraction of sp³-hybridized carbons (Fsp3) is 0.400. The molecule has 1 saturated heterocycles. The lowest BCUT2D eigenvalue weighted by Crippen LogP contribution is -2.47. The van der Waals surface area contributed by atoms with E-state index >= 15 is 0 Å². The van der Waals surface area contributed by atoms with Crippen molar-refractivity contribution < 1.29 is 9.47 Å². The molecule has 0 aliphatic carbocycles. The maximum absolute atomic E-state index is 6.05. The highest BCUT2D eigenvalue weighted by atomic mass is 35.5. The Morgan fingerprint density at radius 2 is 1.77 bits per heavy atom. The van der Waals surface area contributed by atoms with Crippen molar-refractivity contribution in [2.24, 2.45) is 0 Å². The summed E-state index contributed by atoms with van der Waals surface area (Å²) in [7, 11) is 0. The number of halogens is 1. The number of ether oxygens (including phenoxy) is 2. The first kappa shape index (κ1) is 17.8. The van der Waals surface area contributed by atoms with E-state index in [0.29, 0.717) is 13.2 Å². The SMILES string of the molecule is Clc1cccc(SCCN2CCN(c3cccc4c3OCCO4)CC2)c1. The summed E-state index contributed by atoms with van der Waals surface area (Å²) in [5, 5.41) is 0.806. The molecular formula is C20H23ClN2O2S. The van der Waals surface area contributed by atoms with Crippen LogP contribution in [0.5, 0.6) is 11.5 Å². The summed E-state index contributed by atoms with van der Waals surface area (Å²) in [6.07, 6.45) is 0. The zero-order chi connectivity index (χ0) is 17.8. The van der Waals surface area contributed by atoms with Crippen LogP contribution in [0.2, 0.25) is 5.02 Å². The lowest BCUT2D eigenvalue weighted by atomic mass is 10.2. The minimum atomic E-state index is 0.630. The summed E-state index contributed by atoms with van der Waals surface area (Å²) in [6, 6.07) is 14.3. The van der Waals surface area contributed by atoms with Gasteiger partial charge in [0.1, 0.15) is 13.2 Å². The molecule has 2 aromatic rings. The van der Waals surface area contributed by atoms with Gasteiger partial charge < -0.3 is 14.4 Å². The maximum Gasteiger partial charge on any atom is 0.184 e. The first-order valence-electron chi connectivity index (χ1n) is 9.04. The molecule has 4 nitrogen and oxygen atoms in total. The van der Waals surface area contributed by atoms with E-state index in [4.69, 9.17) is 21.1 Å². The standard InChI is InChI=1S/C20H23ClN2O2S/c21-16-3-1-4-17(15-16)26-14-11-22-7-9-23(10-8-22)18-5-2-6-19-20(18)25-13-12-24-19/h1-6,15H,7-14H2. The predicted molar refractivity (Wildman–Crippen MR) is 108 cm³/mol. The van der Waals surface area contributed by atoms with Crippen LogP contribution in [0.25, 0.3) is 0 Å². The second-order valence-corrected chi connectivity index (χ2v) is 8.04. The average Bonchev–Trinajstić information content (AvgIpc) is 2.68. The number of hydrogen-bond acceptors (Lipinski definition) is 5. The van der Waals surface area contributed by atoms with Gasteiger partial charge in [0, 0.05) is 48.4 Å². The van der Waals surface area contributed by atoms with Crippen molar-refractivity contribution in [2.75, 3.05) is 56.6 Å². The molecule has 2 aliphatic heterocycles. The molecule has 0 spiro atoms. The first-order chi connectivity index (χ1) is 12.8. The molecule has 0 aromatic heterocycles. The van der Waals surface area contributed by atoms with E-state index in [9.17, 15) is 0 Å². The van der Waals surface area contributed by atoms with Crippen molar-refractivity contribution >= 4 is 29.1 Å².